The van der Waals surface area contributed by atoms with E-state index in [1.165, 1.54) is 0 Å². The smallest absolute Gasteiger partial charge is 0.238 e. The summed E-state index contributed by atoms with van der Waals surface area (Å²) in [6.45, 7) is 1.76. The molecule has 0 atom stereocenters. The van der Waals surface area contributed by atoms with Crippen LogP contribution in [0.3, 0.4) is 0 Å². The van der Waals surface area contributed by atoms with E-state index in [-0.39, 0.29) is 5.75 Å². The second-order valence-corrected chi connectivity index (χ2v) is 5.71. The number of para-hydroxylation sites is 1. The van der Waals surface area contributed by atoms with Gasteiger partial charge < -0.3 is 5.73 Å². The lowest BCUT2D eigenvalue weighted by Crippen LogP contribution is -2.16. The van der Waals surface area contributed by atoms with E-state index in [1.807, 2.05) is 0 Å². The highest BCUT2D eigenvalue weighted by Crippen LogP contribution is 2.17. The summed E-state index contributed by atoms with van der Waals surface area (Å²) in [6, 6.07) is 6.88. The zero-order chi connectivity index (χ0) is 13.2. The van der Waals surface area contributed by atoms with E-state index in [9.17, 15) is 8.42 Å². The standard InChI is InChI=1S/C11H14N4O2S/c1-8-6-13-14-11(8)15-18(16,17)7-9-4-2-3-5-10(9)12/h2-6H,7,12H2,1H3,(H2,13,14,15). The van der Waals surface area contributed by atoms with E-state index in [4.69, 9.17) is 5.73 Å². The Morgan fingerprint density at radius 3 is 2.72 bits per heavy atom. The van der Waals surface area contributed by atoms with Gasteiger partial charge in [0, 0.05) is 11.3 Å². The van der Waals surface area contributed by atoms with Gasteiger partial charge in [-0.25, -0.2) is 8.42 Å². The van der Waals surface area contributed by atoms with Crippen molar-refractivity contribution < 1.29 is 8.42 Å². The zero-order valence-electron chi connectivity index (χ0n) is 9.84. The van der Waals surface area contributed by atoms with Crippen molar-refractivity contribution in [2.45, 2.75) is 12.7 Å². The van der Waals surface area contributed by atoms with Gasteiger partial charge in [0.1, 0.15) is 5.82 Å². The first-order chi connectivity index (χ1) is 8.48. The maximum atomic E-state index is 12.0. The van der Waals surface area contributed by atoms with Crippen LogP contribution in [0.5, 0.6) is 0 Å². The molecular formula is C11H14N4O2S. The third-order valence-electron chi connectivity index (χ3n) is 2.49. The zero-order valence-corrected chi connectivity index (χ0v) is 10.7. The van der Waals surface area contributed by atoms with Gasteiger partial charge in [0.25, 0.3) is 0 Å². The average Bonchev–Trinajstić information content (AvgIpc) is 2.67. The third kappa shape index (κ3) is 2.80. The Kier molecular flexibility index (Phi) is 3.24. The maximum absolute atomic E-state index is 12.0. The van der Waals surface area contributed by atoms with Crippen molar-refractivity contribution in [3.8, 4) is 0 Å². The largest absolute Gasteiger partial charge is 0.398 e. The lowest BCUT2D eigenvalue weighted by molar-refractivity contribution is 0.600. The number of benzene rings is 1. The molecule has 1 aromatic carbocycles. The molecule has 0 bridgehead atoms. The number of hydrogen-bond donors (Lipinski definition) is 3. The van der Waals surface area contributed by atoms with Crippen molar-refractivity contribution in [3.63, 3.8) is 0 Å². The molecule has 0 saturated carbocycles. The third-order valence-corrected chi connectivity index (χ3v) is 3.69. The maximum Gasteiger partial charge on any atom is 0.238 e. The van der Waals surface area contributed by atoms with Crippen molar-refractivity contribution in [3.05, 3.63) is 41.6 Å². The number of nitrogens with one attached hydrogen (secondary N) is 2. The second-order valence-electron chi connectivity index (χ2n) is 3.99. The quantitative estimate of drug-likeness (QED) is 0.725. The van der Waals surface area contributed by atoms with Crippen LogP contribution in [0.2, 0.25) is 0 Å². The molecule has 0 amide bonds. The molecule has 0 aliphatic rings. The van der Waals surface area contributed by atoms with E-state index in [0.717, 1.165) is 5.56 Å². The fraction of sp³-hybridized carbons (Fsp3) is 0.182. The number of nitrogens with two attached hydrogens (primary N) is 1. The minimum Gasteiger partial charge on any atom is -0.398 e. The first-order valence-corrected chi connectivity index (χ1v) is 6.97. The van der Waals surface area contributed by atoms with Gasteiger partial charge in [-0.3, -0.25) is 9.82 Å². The van der Waals surface area contributed by atoms with Crippen LogP contribution >= 0.6 is 0 Å². The van der Waals surface area contributed by atoms with E-state index >= 15 is 0 Å². The number of aromatic amines is 1. The van der Waals surface area contributed by atoms with Gasteiger partial charge in [0.2, 0.25) is 10.0 Å². The minimum atomic E-state index is -3.50. The fourth-order valence-electron chi connectivity index (χ4n) is 1.51. The molecule has 2 rings (SSSR count). The highest BCUT2D eigenvalue weighted by Gasteiger charge is 2.15. The molecule has 6 nitrogen and oxygen atoms in total. The summed E-state index contributed by atoms with van der Waals surface area (Å²) in [7, 11) is -3.50. The average molecular weight is 266 g/mol. The normalized spacial score (nSPS) is 11.4. The van der Waals surface area contributed by atoms with Crippen LogP contribution in [-0.2, 0) is 15.8 Å². The summed E-state index contributed by atoms with van der Waals surface area (Å²) in [4.78, 5) is 0. The number of rotatable bonds is 4. The molecule has 1 aromatic heterocycles. The molecule has 0 fully saturated rings. The van der Waals surface area contributed by atoms with E-state index < -0.39 is 10.0 Å². The number of sulfonamides is 1. The molecule has 96 valence electrons. The molecule has 0 unspecified atom stereocenters. The highest BCUT2D eigenvalue weighted by atomic mass is 32.2. The molecule has 7 heteroatoms. The van der Waals surface area contributed by atoms with Crippen molar-refractivity contribution in [1.29, 1.82) is 0 Å². The molecule has 2 aromatic rings. The Bertz CT molecular complexity index is 649. The van der Waals surface area contributed by atoms with Crippen LogP contribution in [0.4, 0.5) is 11.5 Å². The summed E-state index contributed by atoms with van der Waals surface area (Å²) in [5.41, 5.74) is 7.49. The first kappa shape index (κ1) is 12.4. The van der Waals surface area contributed by atoms with Crippen molar-refractivity contribution in [2.75, 3.05) is 10.5 Å². The van der Waals surface area contributed by atoms with Crippen LogP contribution in [0.1, 0.15) is 11.1 Å². The van der Waals surface area contributed by atoms with Crippen molar-refractivity contribution in [2.24, 2.45) is 0 Å². The number of nitrogen functional groups attached to an aromatic ring is 1. The van der Waals surface area contributed by atoms with Crippen LogP contribution < -0.4 is 10.5 Å². The van der Waals surface area contributed by atoms with E-state index in [0.29, 0.717) is 17.1 Å². The van der Waals surface area contributed by atoms with Gasteiger partial charge in [-0.1, -0.05) is 18.2 Å². The van der Waals surface area contributed by atoms with Crippen molar-refractivity contribution in [1.82, 2.24) is 10.2 Å². The molecule has 0 saturated heterocycles. The molecule has 0 radical (unpaired) electrons. The highest BCUT2D eigenvalue weighted by molar-refractivity contribution is 7.91. The summed E-state index contributed by atoms with van der Waals surface area (Å²) in [5, 5.41) is 6.34. The Balaban J connectivity index is 2.18. The summed E-state index contributed by atoms with van der Waals surface area (Å²) in [5.74, 6) is 0.211. The van der Waals surface area contributed by atoms with Crippen molar-refractivity contribution >= 4 is 21.5 Å². The summed E-state index contributed by atoms with van der Waals surface area (Å²) >= 11 is 0. The number of nitrogens with zero attached hydrogens (tertiary/aromatic N) is 1. The van der Waals surface area contributed by atoms with Gasteiger partial charge in [-0.2, -0.15) is 5.10 Å². The van der Waals surface area contributed by atoms with Gasteiger partial charge in [-0.05, 0) is 18.6 Å². The second kappa shape index (κ2) is 4.69. The van der Waals surface area contributed by atoms with Gasteiger partial charge in [0.05, 0.1) is 11.9 Å². The molecule has 1 heterocycles. The molecular weight excluding hydrogens is 252 g/mol. The van der Waals surface area contributed by atoms with Gasteiger partial charge in [0.15, 0.2) is 0 Å². The SMILES string of the molecule is Cc1cn[nH]c1NS(=O)(=O)Cc1ccccc1N. The Hall–Kier alpha value is -2.02. The Labute approximate surface area is 105 Å². The number of anilines is 2. The summed E-state index contributed by atoms with van der Waals surface area (Å²) in [6.07, 6.45) is 1.55. The molecule has 0 aliphatic heterocycles. The number of hydrogen-bond acceptors (Lipinski definition) is 4. The first-order valence-electron chi connectivity index (χ1n) is 5.32. The van der Waals surface area contributed by atoms with E-state index in [1.54, 1.807) is 37.4 Å². The molecule has 4 N–H and O–H groups in total. The number of aromatic nitrogens is 2. The Morgan fingerprint density at radius 2 is 2.11 bits per heavy atom. The van der Waals surface area contributed by atoms with Crippen LogP contribution in [-0.4, -0.2) is 18.6 Å². The topological polar surface area (TPSA) is 101 Å². The van der Waals surface area contributed by atoms with Crippen LogP contribution in [0, 0.1) is 6.92 Å². The molecule has 18 heavy (non-hydrogen) atoms. The number of H-pyrrole nitrogens is 1. The van der Waals surface area contributed by atoms with Crippen LogP contribution in [0.15, 0.2) is 30.5 Å². The van der Waals surface area contributed by atoms with Crippen LogP contribution in [0.25, 0.3) is 0 Å². The lowest BCUT2D eigenvalue weighted by Gasteiger charge is -2.08. The monoisotopic (exact) mass is 266 g/mol. The summed E-state index contributed by atoms with van der Waals surface area (Å²) < 4.78 is 26.4. The predicted molar refractivity (Wildman–Crippen MR) is 70.4 cm³/mol. The lowest BCUT2D eigenvalue weighted by atomic mass is 10.2. The minimum absolute atomic E-state index is 0.169. The van der Waals surface area contributed by atoms with Gasteiger partial charge in [-0.15, -0.1) is 0 Å². The van der Waals surface area contributed by atoms with Gasteiger partial charge >= 0.3 is 0 Å². The predicted octanol–water partition coefficient (Wildman–Crippen LogP) is 1.24. The van der Waals surface area contributed by atoms with E-state index in [2.05, 4.69) is 14.9 Å². The fourth-order valence-corrected chi connectivity index (χ4v) is 2.77. The Morgan fingerprint density at radius 1 is 1.39 bits per heavy atom. The molecule has 0 aliphatic carbocycles. The molecule has 0 spiro atoms. The number of aryl methyl sites for hydroxylation is 1.